The molecule has 1 aromatic carbocycles. The molecule has 0 saturated carbocycles. The topological polar surface area (TPSA) is 42.2 Å². The molecule has 0 aliphatic carbocycles. The molecule has 2 aromatic rings. The Morgan fingerprint density at radius 3 is 2.79 bits per heavy atom. The van der Waals surface area contributed by atoms with Gasteiger partial charge in [-0.3, -0.25) is 4.79 Å². The number of amides is 1. The minimum atomic E-state index is 0.0826. The predicted octanol–water partition coefficient (Wildman–Crippen LogP) is 3.33. The Bertz CT molecular complexity index is 523. The first-order valence-corrected chi connectivity index (χ1v) is 7.06. The normalized spacial score (nSPS) is 10.4. The van der Waals surface area contributed by atoms with Crippen molar-refractivity contribution in [3.05, 3.63) is 58.5 Å². The van der Waals surface area contributed by atoms with Crippen molar-refractivity contribution in [2.45, 2.75) is 19.3 Å². The van der Waals surface area contributed by atoms with Crippen molar-refractivity contribution in [2.24, 2.45) is 0 Å². The molecule has 1 amide bonds. The van der Waals surface area contributed by atoms with Crippen LogP contribution in [0.1, 0.15) is 17.5 Å². The summed E-state index contributed by atoms with van der Waals surface area (Å²) >= 11 is 3.48. The van der Waals surface area contributed by atoms with Crippen molar-refractivity contribution < 1.29 is 9.21 Å². The first-order chi connectivity index (χ1) is 9.25. The van der Waals surface area contributed by atoms with Gasteiger partial charge in [-0.1, -0.05) is 34.1 Å². The van der Waals surface area contributed by atoms with Gasteiger partial charge in [0.1, 0.15) is 0 Å². The Morgan fingerprint density at radius 1 is 1.21 bits per heavy atom. The maximum absolute atomic E-state index is 11.7. The lowest BCUT2D eigenvalue weighted by Crippen LogP contribution is -2.25. The summed E-state index contributed by atoms with van der Waals surface area (Å²) in [6, 6.07) is 9.89. The molecule has 0 aliphatic rings. The van der Waals surface area contributed by atoms with Crippen molar-refractivity contribution in [3.63, 3.8) is 0 Å². The van der Waals surface area contributed by atoms with Crippen LogP contribution in [-0.2, 0) is 17.6 Å². The van der Waals surface area contributed by atoms with Gasteiger partial charge in [0.25, 0.3) is 0 Å². The van der Waals surface area contributed by atoms with Crippen molar-refractivity contribution >= 4 is 21.8 Å². The van der Waals surface area contributed by atoms with Crippen molar-refractivity contribution in [1.29, 1.82) is 0 Å². The molecule has 100 valence electrons. The Balaban J connectivity index is 1.69. The SMILES string of the molecule is O=C(CCc1ccccc1Br)NCCc1ccoc1. The lowest BCUT2D eigenvalue weighted by Gasteiger charge is -2.05. The van der Waals surface area contributed by atoms with E-state index in [4.69, 9.17) is 4.42 Å². The van der Waals surface area contributed by atoms with Crippen LogP contribution in [0.15, 0.2) is 51.7 Å². The van der Waals surface area contributed by atoms with E-state index in [9.17, 15) is 4.79 Å². The van der Waals surface area contributed by atoms with Gasteiger partial charge in [0.15, 0.2) is 0 Å². The van der Waals surface area contributed by atoms with E-state index in [0.717, 1.165) is 28.4 Å². The quantitative estimate of drug-likeness (QED) is 0.886. The summed E-state index contributed by atoms with van der Waals surface area (Å²) in [7, 11) is 0. The maximum Gasteiger partial charge on any atom is 0.220 e. The molecule has 0 bridgehead atoms. The number of furan rings is 1. The number of hydrogen-bond donors (Lipinski definition) is 1. The number of aryl methyl sites for hydroxylation is 1. The molecule has 4 heteroatoms. The van der Waals surface area contributed by atoms with E-state index in [1.165, 1.54) is 0 Å². The summed E-state index contributed by atoms with van der Waals surface area (Å²) in [4.78, 5) is 11.7. The lowest BCUT2D eigenvalue weighted by atomic mass is 10.1. The lowest BCUT2D eigenvalue weighted by molar-refractivity contribution is -0.121. The summed E-state index contributed by atoms with van der Waals surface area (Å²) in [6.07, 6.45) is 5.40. The fourth-order valence-corrected chi connectivity index (χ4v) is 2.30. The zero-order valence-electron chi connectivity index (χ0n) is 10.6. The number of hydrogen-bond acceptors (Lipinski definition) is 2. The fourth-order valence-electron chi connectivity index (χ4n) is 1.82. The van der Waals surface area contributed by atoms with Crippen molar-refractivity contribution in [1.82, 2.24) is 5.32 Å². The van der Waals surface area contributed by atoms with Crippen LogP contribution < -0.4 is 5.32 Å². The minimum Gasteiger partial charge on any atom is -0.472 e. The van der Waals surface area contributed by atoms with Gasteiger partial charge >= 0.3 is 0 Å². The standard InChI is InChI=1S/C15H16BrNO2/c16-14-4-2-1-3-13(14)5-6-15(18)17-9-7-12-8-10-19-11-12/h1-4,8,10-11H,5-7,9H2,(H,17,18). The molecule has 1 aromatic heterocycles. The van der Waals surface area contributed by atoms with Gasteiger partial charge in [-0.2, -0.15) is 0 Å². The van der Waals surface area contributed by atoms with Crippen LogP contribution >= 0.6 is 15.9 Å². The number of carbonyl (C=O) groups is 1. The van der Waals surface area contributed by atoms with Crippen LogP contribution in [0.5, 0.6) is 0 Å². The average Bonchev–Trinajstić information content (AvgIpc) is 2.91. The molecule has 19 heavy (non-hydrogen) atoms. The smallest absolute Gasteiger partial charge is 0.220 e. The van der Waals surface area contributed by atoms with Crippen LogP contribution in [-0.4, -0.2) is 12.5 Å². The van der Waals surface area contributed by atoms with Gasteiger partial charge in [0.05, 0.1) is 12.5 Å². The van der Waals surface area contributed by atoms with Crippen molar-refractivity contribution in [3.8, 4) is 0 Å². The molecule has 0 saturated heterocycles. The van der Waals surface area contributed by atoms with E-state index in [1.54, 1.807) is 12.5 Å². The molecule has 0 aliphatic heterocycles. The van der Waals surface area contributed by atoms with Gasteiger partial charge in [-0.05, 0) is 36.1 Å². The van der Waals surface area contributed by atoms with Gasteiger partial charge in [-0.25, -0.2) is 0 Å². The highest BCUT2D eigenvalue weighted by Gasteiger charge is 2.04. The average molecular weight is 322 g/mol. The molecular formula is C15H16BrNO2. The van der Waals surface area contributed by atoms with Crippen LogP contribution in [0.3, 0.4) is 0 Å². The van der Waals surface area contributed by atoms with Gasteiger partial charge < -0.3 is 9.73 Å². The molecule has 3 nitrogen and oxygen atoms in total. The Hall–Kier alpha value is -1.55. The third kappa shape index (κ3) is 4.56. The van der Waals surface area contributed by atoms with Crippen LogP contribution in [0, 0.1) is 0 Å². The summed E-state index contributed by atoms with van der Waals surface area (Å²) in [6.45, 7) is 0.647. The summed E-state index contributed by atoms with van der Waals surface area (Å²) in [5.74, 6) is 0.0826. The highest BCUT2D eigenvalue weighted by molar-refractivity contribution is 9.10. The second-order valence-electron chi connectivity index (χ2n) is 4.32. The molecule has 0 atom stereocenters. The zero-order chi connectivity index (χ0) is 13.5. The highest BCUT2D eigenvalue weighted by atomic mass is 79.9. The number of carbonyl (C=O) groups excluding carboxylic acids is 1. The van der Waals surface area contributed by atoms with E-state index in [2.05, 4.69) is 21.2 Å². The molecular weight excluding hydrogens is 306 g/mol. The van der Waals surface area contributed by atoms with Crippen molar-refractivity contribution in [2.75, 3.05) is 6.54 Å². The predicted molar refractivity (Wildman–Crippen MR) is 77.9 cm³/mol. The fraction of sp³-hybridized carbons (Fsp3) is 0.267. The van der Waals surface area contributed by atoms with Gasteiger partial charge in [-0.15, -0.1) is 0 Å². The number of rotatable bonds is 6. The summed E-state index contributed by atoms with van der Waals surface area (Å²) in [5, 5.41) is 2.91. The van der Waals surface area contributed by atoms with E-state index < -0.39 is 0 Å². The van der Waals surface area contributed by atoms with Gasteiger partial charge in [0.2, 0.25) is 5.91 Å². The number of benzene rings is 1. The number of halogens is 1. The van der Waals surface area contributed by atoms with E-state index in [-0.39, 0.29) is 5.91 Å². The van der Waals surface area contributed by atoms with E-state index >= 15 is 0 Å². The largest absolute Gasteiger partial charge is 0.472 e. The van der Waals surface area contributed by atoms with E-state index in [0.29, 0.717) is 13.0 Å². The summed E-state index contributed by atoms with van der Waals surface area (Å²) in [5.41, 5.74) is 2.26. The van der Waals surface area contributed by atoms with E-state index in [1.807, 2.05) is 30.3 Å². The Morgan fingerprint density at radius 2 is 2.05 bits per heavy atom. The zero-order valence-corrected chi connectivity index (χ0v) is 12.2. The van der Waals surface area contributed by atoms with Crippen LogP contribution in [0.2, 0.25) is 0 Å². The monoisotopic (exact) mass is 321 g/mol. The molecule has 2 rings (SSSR count). The molecule has 1 heterocycles. The van der Waals surface area contributed by atoms with Crippen LogP contribution in [0.4, 0.5) is 0 Å². The molecule has 0 unspecified atom stereocenters. The Labute approximate surface area is 121 Å². The third-order valence-electron chi connectivity index (χ3n) is 2.90. The highest BCUT2D eigenvalue weighted by Crippen LogP contribution is 2.17. The molecule has 0 radical (unpaired) electrons. The second kappa shape index (κ2) is 7.14. The van der Waals surface area contributed by atoms with Crippen LogP contribution in [0.25, 0.3) is 0 Å². The number of nitrogens with one attached hydrogen (secondary N) is 1. The van der Waals surface area contributed by atoms with Gasteiger partial charge in [0, 0.05) is 17.4 Å². The first kappa shape index (κ1) is 13.9. The second-order valence-corrected chi connectivity index (χ2v) is 5.18. The Kier molecular flexibility index (Phi) is 5.21. The molecule has 0 fully saturated rings. The molecule has 0 spiro atoms. The first-order valence-electron chi connectivity index (χ1n) is 6.27. The maximum atomic E-state index is 11.7. The minimum absolute atomic E-state index is 0.0826. The third-order valence-corrected chi connectivity index (χ3v) is 3.67. The summed E-state index contributed by atoms with van der Waals surface area (Å²) < 4.78 is 6.03. The molecule has 1 N–H and O–H groups in total.